The Morgan fingerprint density at radius 3 is 2.82 bits per heavy atom. The Labute approximate surface area is 164 Å². The summed E-state index contributed by atoms with van der Waals surface area (Å²) in [7, 11) is 1.94. The van der Waals surface area contributed by atoms with Crippen LogP contribution in [0.15, 0.2) is 29.4 Å². The minimum absolute atomic E-state index is 0.219. The van der Waals surface area contributed by atoms with Crippen LogP contribution < -0.4 is 10.6 Å². The molecule has 0 radical (unpaired) electrons. The second-order valence-electron chi connectivity index (χ2n) is 6.85. The molecule has 0 bridgehead atoms. The highest BCUT2D eigenvalue weighted by atomic mass is 19.1. The average molecular weight is 385 g/mol. The molecule has 0 saturated carbocycles. The molecule has 150 valence electrons. The molecule has 0 saturated heterocycles. The number of aryl methyl sites for hydroxylation is 1. The summed E-state index contributed by atoms with van der Waals surface area (Å²) in [6, 6.07) is 4.81. The molecule has 3 rings (SSSR count). The van der Waals surface area contributed by atoms with Crippen LogP contribution in [0.1, 0.15) is 37.0 Å². The van der Waals surface area contributed by atoms with Gasteiger partial charge in [-0.2, -0.15) is 0 Å². The van der Waals surface area contributed by atoms with Gasteiger partial charge in [-0.15, -0.1) is 10.2 Å². The van der Waals surface area contributed by atoms with Gasteiger partial charge < -0.3 is 20.2 Å². The Kier molecular flexibility index (Phi) is 6.62. The van der Waals surface area contributed by atoms with Crippen molar-refractivity contribution < 1.29 is 4.39 Å². The normalized spacial score (nSPS) is 11.9. The SMILES string of the molecule is CCCCNC(=NCc1nnc(C)n1C)NCCc1c[nH]c2ccc(F)cc12. The number of fused-ring (bicyclic) bond motifs is 1. The molecule has 0 aliphatic heterocycles. The molecule has 2 heterocycles. The van der Waals surface area contributed by atoms with Gasteiger partial charge >= 0.3 is 0 Å². The third-order valence-electron chi connectivity index (χ3n) is 4.80. The third-order valence-corrected chi connectivity index (χ3v) is 4.80. The zero-order chi connectivity index (χ0) is 19.9. The number of guanidine groups is 1. The Morgan fingerprint density at radius 2 is 2.07 bits per heavy atom. The molecule has 0 spiro atoms. The number of hydrogen-bond acceptors (Lipinski definition) is 3. The maximum absolute atomic E-state index is 13.5. The highest BCUT2D eigenvalue weighted by molar-refractivity contribution is 5.83. The second kappa shape index (κ2) is 9.34. The number of aromatic amines is 1. The number of hydrogen-bond donors (Lipinski definition) is 3. The number of unbranched alkanes of at least 4 members (excludes halogenated alkanes) is 1. The van der Waals surface area contributed by atoms with E-state index in [-0.39, 0.29) is 5.82 Å². The van der Waals surface area contributed by atoms with Crippen LogP contribution >= 0.6 is 0 Å². The number of rotatable bonds is 8. The standard InChI is InChI=1S/C20H28FN7/c1-4-5-9-22-20(25-13-19-27-26-14(2)28(19)3)23-10-8-15-12-24-18-7-6-16(21)11-17(15)18/h6-7,11-12,24H,4-5,8-10,13H2,1-3H3,(H2,22,23,25). The first-order chi connectivity index (χ1) is 13.6. The number of H-pyrrole nitrogens is 1. The van der Waals surface area contributed by atoms with Crippen molar-refractivity contribution in [2.45, 2.75) is 39.7 Å². The van der Waals surface area contributed by atoms with Gasteiger partial charge in [0.25, 0.3) is 0 Å². The van der Waals surface area contributed by atoms with Gasteiger partial charge in [-0.3, -0.25) is 0 Å². The minimum atomic E-state index is -0.219. The van der Waals surface area contributed by atoms with Crippen molar-refractivity contribution >= 4 is 16.9 Å². The van der Waals surface area contributed by atoms with Gasteiger partial charge in [-0.1, -0.05) is 13.3 Å². The highest BCUT2D eigenvalue weighted by Crippen LogP contribution is 2.19. The summed E-state index contributed by atoms with van der Waals surface area (Å²) in [6.45, 7) is 6.09. The van der Waals surface area contributed by atoms with Gasteiger partial charge in [0, 0.05) is 37.2 Å². The second-order valence-corrected chi connectivity index (χ2v) is 6.85. The summed E-state index contributed by atoms with van der Waals surface area (Å²) >= 11 is 0. The number of benzene rings is 1. The van der Waals surface area contributed by atoms with Crippen molar-refractivity contribution in [2.24, 2.45) is 12.0 Å². The fourth-order valence-electron chi connectivity index (χ4n) is 2.97. The molecule has 3 aromatic rings. The first-order valence-corrected chi connectivity index (χ1v) is 9.71. The van der Waals surface area contributed by atoms with Gasteiger partial charge in [0.1, 0.15) is 18.2 Å². The molecule has 8 heteroatoms. The summed E-state index contributed by atoms with van der Waals surface area (Å²) in [5.41, 5.74) is 2.03. The van der Waals surface area contributed by atoms with Crippen LogP contribution in [0.3, 0.4) is 0 Å². The van der Waals surface area contributed by atoms with Crippen LogP contribution in [-0.4, -0.2) is 38.8 Å². The molecule has 28 heavy (non-hydrogen) atoms. The zero-order valence-electron chi connectivity index (χ0n) is 16.7. The van der Waals surface area contributed by atoms with Crippen LogP contribution in [0.4, 0.5) is 4.39 Å². The Bertz CT molecular complexity index is 941. The maximum atomic E-state index is 13.5. The fourth-order valence-corrected chi connectivity index (χ4v) is 2.97. The average Bonchev–Trinajstić information content (AvgIpc) is 3.23. The lowest BCUT2D eigenvalue weighted by molar-refractivity contribution is 0.629. The van der Waals surface area contributed by atoms with Crippen LogP contribution in [0.5, 0.6) is 0 Å². The van der Waals surface area contributed by atoms with E-state index in [0.29, 0.717) is 13.1 Å². The molecule has 7 nitrogen and oxygen atoms in total. The molecule has 1 aromatic carbocycles. The van der Waals surface area contributed by atoms with E-state index in [2.05, 4.69) is 37.7 Å². The number of nitrogens with one attached hydrogen (secondary N) is 3. The van der Waals surface area contributed by atoms with Crippen molar-refractivity contribution in [3.63, 3.8) is 0 Å². The van der Waals surface area contributed by atoms with Crippen LogP contribution in [0, 0.1) is 12.7 Å². The number of halogens is 1. The summed E-state index contributed by atoms with van der Waals surface area (Å²) in [6.07, 6.45) is 4.89. The Morgan fingerprint density at radius 1 is 1.25 bits per heavy atom. The van der Waals surface area contributed by atoms with E-state index in [0.717, 1.165) is 59.9 Å². The molecular formula is C20H28FN7. The van der Waals surface area contributed by atoms with E-state index in [1.165, 1.54) is 6.07 Å². The van der Waals surface area contributed by atoms with E-state index in [4.69, 9.17) is 0 Å². The van der Waals surface area contributed by atoms with E-state index in [1.54, 1.807) is 12.1 Å². The Hall–Kier alpha value is -2.90. The fraction of sp³-hybridized carbons (Fsp3) is 0.450. The molecule has 0 aliphatic carbocycles. The lowest BCUT2D eigenvalue weighted by Gasteiger charge is -2.12. The van der Waals surface area contributed by atoms with E-state index >= 15 is 0 Å². The molecule has 0 unspecified atom stereocenters. The highest BCUT2D eigenvalue weighted by Gasteiger charge is 2.07. The molecule has 3 N–H and O–H groups in total. The molecule has 0 aliphatic rings. The smallest absolute Gasteiger partial charge is 0.191 e. The zero-order valence-corrected chi connectivity index (χ0v) is 16.7. The largest absolute Gasteiger partial charge is 0.361 e. The third kappa shape index (κ3) is 4.88. The topological polar surface area (TPSA) is 82.9 Å². The summed E-state index contributed by atoms with van der Waals surface area (Å²) < 4.78 is 15.5. The van der Waals surface area contributed by atoms with Crippen LogP contribution in [0.25, 0.3) is 10.9 Å². The van der Waals surface area contributed by atoms with E-state index < -0.39 is 0 Å². The van der Waals surface area contributed by atoms with Gasteiger partial charge in [-0.25, -0.2) is 9.38 Å². The first kappa shape index (κ1) is 19.9. The summed E-state index contributed by atoms with van der Waals surface area (Å²) in [5.74, 6) is 2.22. The number of nitrogens with zero attached hydrogens (tertiary/aromatic N) is 4. The first-order valence-electron chi connectivity index (χ1n) is 9.71. The monoisotopic (exact) mass is 385 g/mol. The van der Waals surface area contributed by atoms with Crippen molar-refractivity contribution in [3.05, 3.63) is 47.4 Å². The van der Waals surface area contributed by atoms with Gasteiger partial charge in [-0.05, 0) is 43.5 Å². The van der Waals surface area contributed by atoms with E-state index in [9.17, 15) is 4.39 Å². The predicted molar refractivity (Wildman–Crippen MR) is 110 cm³/mol. The van der Waals surface area contributed by atoms with Crippen molar-refractivity contribution in [1.29, 1.82) is 0 Å². The van der Waals surface area contributed by atoms with Crippen molar-refractivity contribution in [2.75, 3.05) is 13.1 Å². The van der Waals surface area contributed by atoms with Crippen LogP contribution in [-0.2, 0) is 20.0 Å². The molecule has 0 fully saturated rings. The van der Waals surface area contributed by atoms with Crippen molar-refractivity contribution in [3.8, 4) is 0 Å². The maximum Gasteiger partial charge on any atom is 0.191 e. The molecular weight excluding hydrogens is 357 g/mol. The minimum Gasteiger partial charge on any atom is -0.361 e. The predicted octanol–water partition coefficient (Wildman–Crippen LogP) is 2.82. The number of aliphatic imine (C=N–C) groups is 1. The lowest BCUT2D eigenvalue weighted by Crippen LogP contribution is -2.39. The quantitative estimate of drug-likeness (QED) is 0.316. The summed E-state index contributed by atoms with van der Waals surface area (Å²) in [4.78, 5) is 7.83. The lowest BCUT2D eigenvalue weighted by atomic mass is 10.1. The van der Waals surface area contributed by atoms with E-state index in [1.807, 2.05) is 24.7 Å². The molecule has 0 amide bonds. The number of aromatic nitrogens is 4. The molecule has 2 aromatic heterocycles. The van der Waals surface area contributed by atoms with Crippen molar-refractivity contribution in [1.82, 2.24) is 30.4 Å². The summed E-state index contributed by atoms with van der Waals surface area (Å²) in [5, 5.41) is 15.9. The Balaban J connectivity index is 1.62. The molecule has 0 atom stereocenters. The van der Waals surface area contributed by atoms with Gasteiger partial charge in [0.2, 0.25) is 0 Å². The van der Waals surface area contributed by atoms with Crippen LogP contribution in [0.2, 0.25) is 0 Å². The van der Waals surface area contributed by atoms with Gasteiger partial charge in [0.05, 0.1) is 0 Å². The van der Waals surface area contributed by atoms with Gasteiger partial charge in [0.15, 0.2) is 11.8 Å².